The first-order valence-electron chi connectivity index (χ1n) is 5.71. The highest BCUT2D eigenvalue weighted by molar-refractivity contribution is 5.74. The summed E-state index contributed by atoms with van der Waals surface area (Å²) in [7, 11) is 0. The van der Waals surface area contributed by atoms with Gasteiger partial charge in [-0.1, -0.05) is 12.1 Å². The Balaban J connectivity index is 2.41. The second-order valence-corrected chi connectivity index (χ2v) is 4.19. The van der Waals surface area contributed by atoms with Gasteiger partial charge >= 0.3 is 6.18 Å². The Morgan fingerprint density at radius 1 is 1.20 bits per heavy atom. The van der Waals surface area contributed by atoms with E-state index in [1.165, 1.54) is 18.3 Å². The maximum Gasteiger partial charge on any atom is 0.416 e. The summed E-state index contributed by atoms with van der Waals surface area (Å²) in [5.41, 5.74) is 6.72. The van der Waals surface area contributed by atoms with Gasteiger partial charge in [0, 0.05) is 11.8 Å². The first kappa shape index (κ1) is 13.9. The van der Waals surface area contributed by atoms with Crippen molar-refractivity contribution in [1.82, 2.24) is 4.98 Å². The molecular weight excluding hydrogens is 267 g/mol. The molecule has 1 heterocycles. The van der Waals surface area contributed by atoms with Crippen LogP contribution >= 0.6 is 0 Å². The van der Waals surface area contributed by atoms with Crippen LogP contribution in [0.2, 0.25) is 0 Å². The molecular formula is C14H10F3N3. The van der Waals surface area contributed by atoms with E-state index in [2.05, 4.69) is 4.98 Å². The van der Waals surface area contributed by atoms with Gasteiger partial charge in [-0.15, -0.1) is 0 Å². The maximum atomic E-state index is 12.5. The van der Waals surface area contributed by atoms with E-state index in [-0.39, 0.29) is 12.2 Å². The van der Waals surface area contributed by atoms with Crippen LogP contribution in [0.4, 0.5) is 19.0 Å². The van der Waals surface area contributed by atoms with Gasteiger partial charge in [0.05, 0.1) is 18.1 Å². The number of anilines is 1. The zero-order valence-corrected chi connectivity index (χ0v) is 10.3. The van der Waals surface area contributed by atoms with Crippen LogP contribution in [0.15, 0.2) is 36.5 Å². The fourth-order valence-corrected chi connectivity index (χ4v) is 1.78. The van der Waals surface area contributed by atoms with Crippen molar-refractivity contribution in [3.63, 3.8) is 0 Å². The number of nitriles is 1. The molecule has 0 atom stereocenters. The molecule has 0 radical (unpaired) electrons. The molecule has 0 aliphatic rings. The van der Waals surface area contributed by atoms with E-state index in [0.29, 0.717) is 16.7 Å². The maximum absolute atomic E-state index is 12.5. The number of hydrogen-bond acceptors (Lipinski definition) is 3. The van der Waals surface area contributed by atoms with Gasteiger partial charge in [0.1, 0.15) is 5.82 Å². The first-order chi connectivity index (χ1) is 9.41. The standard InChI is InChI=1S/C14H10F3N3/c15-14(16,17)11-3-1-10(2-4-11)12-7-9(5-6-18)8-20-13(12)19/h1-4,7-8H,5H2,(H2,19,20). The molecule has 0 aliphatic carbocycles. The number of nitrogens with two attached hydrogens (primary N) is 1. The van der Waals surface area contributed by atoms with Crippen molar-refractivity contribution >= 4 is 5.82 Å². The third-order valence-electron chi connectivity index (χ3n) is 2.78. The average molecular weight is 277 g/mol. The number of halogens is 3. The summed E-state index contributed by atoms with van der Waals surface area (Å²) in [6.07, 6.45) is -2.72. The van der Waals surface area contributed by atoms with Gasteiger partial charge in [0.25, 0.3) is 0 Å². The van der Waals surface area contributed by atoms with Gasteiger partial charge < -0.3 is 5.73 Å². The summed E-state index contributed by atoms with van der Waals surface area (Å²) >= 11 is 0. The minimum Gasteiger partial charge on any atom is -0.383 e. The van der Waals surface area contributed by atoms with Gasteiger partial charge in [-0.05, 0) is 29.3 Å². The number of pyridine rings is 1. The molecule has 0 saturated heterocycles. The first-order valence-corrected chi connectivity index (χ1v) is 5.71. The number of nitrogen functional groups attached to an aromatic ring is 1. The molecule has 0 aliphatic heterocycles. The summed E-state index contributed by atoms with van der Waals surface area (Å²) in [4.78, 5) is 3.95. The topological polar surface area (TPSA) is 62.7 Å². The highest BCUT2D eigenvalue weighted by Gasteiger charge is 2.30. The van der Waals surface area contributed by atoms with Gasteiger partial charge in [0.15, 0.2) is 0 Å². The molecule has 2 rings (SSSR count). The molecule has 0 spiro atoms. The molecule has 0 amide bonds. The molecule has 3 nitrogen and oxygen atoms in total. The molecule has 0 bridgehead atoms. The van der Waals surface area contributed by atoms with Crippen molar-refractivity contribution in [3.05, 3.63) is 47.7 Å². The highest BCUT2D eigenvalue weighted by atomic mass is 19.4. The third kappa shape index (κ3) is 2.88. The number of aromatic nitrogens is 1. The average Bonchev–Trinajstić information content (AvgIpc) is 2.40. The Morgan fingerprint density at radius 2 is 1.85 bits per heavy atom. The summed E-state index contributed by atoms with van der Waals surface area (Å²) in [5.74, 6) is 0.214. The summed E-state index contributed by atoms with van der Waals surface area (Å²) in [6, 6.07) is 8.31. The number of benzene rings is 1. The summed E-state index contributed by atoms with van der Waals surface area (Å²) in [6.45, 7) is 0. The Bertz CT molecular complexity index is 655. The minimum absolute atomic E-state index is 0.168. The summed E-state index contributed by atoms with van der Waals surface area (Å²) in [5, 5.41) is 8.64. The molecule has 0 saturated carbocycles. The zero-order chi connectivity index (χ0) is 14.8. The Hall–Kier alpha value is -2.55. The van der Waals surface area contributed by atoms with E-state index in [1.807, 2.05) is 6.07 Å². The normalized spacial score (nSPS) is 11.1. The quantitative estimate of drug-likeness (QED) is 0.914. The van der Waals surface area contributed by atoms with E-state index in [4.69, 9.17) is 11.0 Å². The molecule has 6 heteroatoms. The number of hydrogen-bond donors (Lipinski definition) is 1. The number of rotatable bonds is 2. The molecule has 102 valence electrons. The fourth-order valence-electron chi connectivity index (χ4n) is 1.78. The van der Waals surface area contributed by atoms with E-state index >= 15 is 0 Å². The Morgan fingerprint density at radius 3 is 2.40 bits per heavy atom. The van der Waals surface area contributed by atoms with E-state index in [1.54, 1.807) is 6.07 Å². The largest absolute Gasteiger partial charge is 0.416 e. The van der Waals surface area contributed by atoms with E-state index in [0.717, 1.165) is 12.1 Å². The van der Waals surface area contributed by atoms with Gasteiger partial charge in [-0.3, -0.25) is 0 Å². The zero-order valence-electron chi connectivity index (χ0n) is 10.3. The van der Waals surface area contributed by atoms with Crippen LogP contribution in [0.25, 0.3) is 11.1 Å². The van der Waals surface area contributed by atoms with Crippen molar-refractivity contribution in [2.24, 2.45) is 0 Å². The minimum atomic E-state index is -4.37. The lowest BCUT2D eigenvalue weighted by molar-refractivity contribution is -0.137. The van der Waals surface area contributed by atoms with Crippen LogP contribution in [0.5, 0.6) is 0 Å². The van der Waals surface area contributed by atoms with Gasteiger partial charge in [0.2, 0.25) is 0 Å². The third-order valence-corrected chi connectivity index (χ3v) is 2.78. The van der Waals surface area contributed by atoms with Crippen molar-refractivity contribution in [1.29, 1.82) is 5.26 Å². The van der Waals surface area contributed by atoms with E-state index in [9.17, 15) is 13.2 Å². The Labute approximate surface area is 113 Å². The van der Waals surface area contributed by atoms with Crippen molar-refractivity contribution < 1.29 is 13.2 Å². The molecule has 20 heavy (non-hydrogen) atoms. The lowest BCUT2D eigenvalue weighted by Crippen LogP contribution is -2.04. The lowest BCUT2D eigenvalue weighted by atomic mass is 10.0. The van der Waals surface area contributed by atoms with Crippen LogP contribution in [-0.2, 0) is 12.6 Å². The SMILES string of the molecule is N#CCc1cnc(N)c(-c2ccc(C(F)(F)F)cc2)c1. The molecule has 2 aromatic rings. The summed E-state index contributed by atoms with van der Waals surface area (Å²) < 4.78 is 37.5. The predicted octanol–water partition coefficient (Wildman–Crippen LogP) is 3.42. The molecule has 0 fully saturated rings. The monoisotopic (exact) mass is 277 g/mol. The highest BCUT2D eigenvalue weighted by Crippen LogP contribution is 2.32. The fraction of sp³-hybridized carbons (Fsp3) is 0.143. The predicted molar refractivity (Wildman–Crippen MR) is 68.4 cm³/mol. The molecule has 1 aromatic heterocycles. The second kappa shape index (κ2) is 5.21. The smallest absolute Gasteiger partial charge is 0.383 e. The Kier molecular flexibility index (Phi) is 3.61. The van der Waals surface area contributed by atoms with Gasteiger partial charge in [-0.2, -0.15) is 18.4 Å². The van der Waals surface area contributed by atoms with Crippen LogP contribution in [-0.4, -0.2) is 4.98 Å². The van der Waals surface area contributed by atoms with Crippen molar-refractivity contribution in [3.8, 4) is 17.2 Å². The van der Waals surface area contributed by atoms with Crippen molar-refractivity contribution in [2.45, 2.75) is 12.6 Å². The van der Waals surface area contributed by atoms with Gasteiger partial charge in [-0.25, -0.2) is 4.98 Å². The lowest BCUT2D eigenvalue weighted by Gasteiger charge is -2.09. The van der Waals surface area contributed by atoms with E-state index < -0.39 is 11.7 Å². The van der Waals surface area contributed by atoms with Crippen LogP contribution < -0.4 is 5.73 Å². The van der Waals surface area contributed by atoms with Crippen LogP contribution in [0.3, 0.4) is 0 Å². The number of nitrogens with zero attached hydrogens (tertiary/aromatic N) is 2. The second-order valence-electron chi connectivity index (χ2n) is 4.19. The number of alkyl halides is 3. The van der Waals surface area contributed by atoms with Crippen molar-refractivity contribution in [2.75, 3.05) is 5.73 Å². The molecule has 0 unspecified atom stereocenters. The van der Waals surface area contributed by atoms with Crippen LogP contribution in [0, 0.1) is 11.3 Å². The molecule has 2 N–H and O–H groups in total. The van der Waals surface area contributed by atoms with Crippen LogP contribution in [0.1, 0.15) is 11.1 Å². The molecule has 1 aromatic carbocycles.